The van der Waals surface area contributed by atoms with Crippen molar-refractivity contribution >= 4 is 17.7 Å². The molecule has 2 aliphatic rings. The van der Waals surface area contributed by atoms with Crippen LogP contribution in [-0.2, 0) is 18.3 Å². The first-order valence-corrected chi connectivity index (χ1v) is 9.86. The van der Waals surface area contributed by atoms with Crippen LogP contribution >= 0.6 is 11.8 Å². The van der Waals surface area contributed by atoms with E-state index < -0.39 is 0 Å². The Bertz CT molecular complexity index is 802. The number of ether oxygens (including phenoxy) is 2. The summed E-state index contributed by atoms with van der Waals surface area (Å²) in [6.07, 6.45) is 4.10. The second kappa shape index (κ2) is 7.57. The largest absolute Gasteiger partial charge is 0.454 e. The molecule has 2 aliphatic heterocycles. The number of hydrogen-bond acceptors (Lipinski definition) is 6. The van der Waals surface area contributed by atoms with Crippen LogP contribution in [0.5, 0.6) is 11.5 Å². The predicted molar refractivity (Wildman–Crippen MR) is 97.5 cm³/mol. The van der Waals surface area contributed by atoms with Crippen LogP contribution in [0, 0.1) is 0 Å². The first kappa shape index (κ1) is 17.2. The number of carbonyl (C=O) groups excluding carboxylic acids is 1. The molecule has 26 heavy (non-hydrogen) atoms. The van der Waals surface area contributed by atoms with E-state index in [1.165, 1.54) is 18.2 Å². The van der Waals surface area contributed by atoms with Gasteiger partial charge >= 0.3 is 0 Å². The topological polar surface area (TPSA) is 69.5 Å². The van der Waals surface area contributed by atoms with Gasteiger partial charge in [0.15, 0.2) is 16.7 Å². The van der Waals surface area contributed by atoms with Gasteiger partial charge in [-0.2, -0.15) is 0 Å². The number of rotatable bonds is 5. The molecule has 0 saturated carbocycles. The summed E-state index contributed by atoms with van der Waals surface area (Å²) in [4.78, 5) is 14.3. The number of fused-ring (bicyclic) bond motifs is 1. The SMILES string of the molecule is Cn1c(Cc2ccc3c(c2)OCO3)nnc1SCC(=O)N1CCCCC1. The van der Waals surface area contributed by atoms with Gasteiger partial charge in [-0.25, -0.2) is 0 Å². The van der Waals surface area contributed by atoms with Crippen molar-refractivity contribution in [2.45, 2.75) is 30.8 Å². The smallest absolute Gasteiger partial charge is 0.233 e. The lowest BCUT2D eigenvalue weighted by Gasteiger charge is -2.26. The van der Waals surface area contributed by atoms with Crippen LogP contribution in [0.15, 0.2) is 23.4 Å². The highest BCUT2D eigenvalue weighted by Gasteiger charge is 2.19. The quantitative estimate of drug-likeness (QED) is 0.748. The van der Waals surface area contributed by atoms with Crippen LogP contribution < -0.4 is 9.47 Å². The molecule has 1 aromatic heterocycles. The Morgan fingerprint density at radius 2 is 1.96 bits per heavy atom. The Labute approximate surface area is 156 Å². The Balaban J connectivity index is 1.37. The molecule has 1 amide bonds. The van der Waals surface area contributed by atoms with Crippen molar-refractivity contribution in [2.24, 2.45) is 7.05 Å². The molecule has 0 atom stereocenters. The summed E-state index contributed by atoms with van der Waals surface area (Å²) >= 11 is 1.45. The zero-order chi connectivity index (χ0) is 17.9. The molecule has 4 rings (SSSR count). The van der Waals surface area contributed by atoms with E-state index in [0.717, 1.165) is 54.0 Å². The molecular formula is C18H22N4O3S. The molecule has 0 radical (unpaired) electrons. The van der Waals surface area contributed by atoms with Gasteiger partial charge in [0.1, 0.15) is 5.82 Å². The van der Waals surface area contributed by atoms with Crippen molar-refractivity contribution in [1.82, 2.24) is 19.7 Å². The van der Waals surface area contributed by atoms with Crippen LogP contribution in [0.25, 0.3) is 0 Å². The minimum atomic E-state index is 0.190. The number of amides is 1. The molecule has 138 valence electrons. The van der Waals surface area contributed by atoms with E-state index in [1.54, 1.807) is 0 Å². The number of thioether (sulfide) groups is 1. The monoisotopic (exact) mass is 374 g/mol. The molecule has 0 bridgehead atoms. The number of likely N-dealkylation sites (tertiary alicyclic amines) is 1. The summed E-state index contributed by atoms with van der Waals surface area (Å²) in [7, 11) is 1.94. The summed E-state index contributed by atoms with van der Waals surface area (Å²) in [6, 6.07) is 5.90. The first-order chi connectivity index (χ1) is 12.7. The highest BCUT2D eigenvalue weighted by atomic mass is 32.2. The van der Waals surface area contributed by atoms with Gasteiger partial charge in [-0.05, 0) is 37.0 Å². The summed E-state index contributed by atoms with van der Waals surface area (Å²) in [6.45, 7) is 2.04. The normalized spacial score (nSPS) is 16.1. The Hall–Kier alpha value is -2.22. The number of piperidine rings is 1. The van der Waals surface area contributed by atoms with E-state index in [1.807, 2.05) is 34.7 Å². The van der Waals surface area contributed by atoms with Gasteiger partial charge in [-0.15, -0.1) is 10.2 Å². The average molecular weight is 374 g/mol. The lowest BCUT2D eigenvalue weighted by Crippen LogP contribution is -2.36. The highest BCUT2D eigenvalue weighted by Crippen LogP contribution is 2.33. The van der Waals surface area contributed by atoms with E-state index in [-0.39, 0.29) is 12.7 Å². The average Bonchev–Trinajstić information content (AvgIpc) is 3.27. The van der Waals surface area contributed by atoms with Crippen molar-refractivity contribution in [3.8, 4) is 11.5 Å². The van der Waals surface area contributed by atoms with Crippen molar-refractivity contribution in [3.63, 3.8) is 0 Å². The van der Waals surface area contributed by atoms with E-state index in [0.29, 0.717) is 12.2 Å². The Morgan fingerprint density at radius 1 is 1.15 bits per heavy atom. The molecule has 1 aromatic carbocycles. The summed E-state index contributed by atoms with van der Waals surface area (Å²) in [5, 5.41) is 9.31. The lowest BCUT2D eigenvalue weighted by atomic mass is 10.1. The molecule has 1 saturated heterocycles. The highest BCUT2D eigenvalue weighted by molar-refractivity contribution is 7.99. The molecule has 8 heteroatoms. The number of benzene rings is 1. The van der Waals surface area contributed by atoms with Gasteiger partial charge in [-0.3, -0.25) is 4.79 Å². The Kier molecular flexibility index (Phi) is 5.01. The maximum atomic E-state index is 12.3. The predicted octanol–water partition coefficient (Wildman–Crippen LogP) is 2.24. The van der Waals surface area contributed by atoms with E-state index in [2.05, 4.69) is 10.2 Å². The maximum Gasteiger partial charge on any atom is 0.233 e. The van der Waals surface area contributed by atoms with E-state index in [9.17, 15) is 4.79 Å². The molecule has 2 aromatic rings. The van der Waals surface area contributed by atoms with Gasteiger partial charge in [0, 0.05) is 26.6 Å². The Morgan fingerprint density at radius 3 is 2.81 bits per heavy atom. The molecule has 1 fully saturated rings. The number of nitrogens with zero attached hydrogens (tertiary/aromatic N) is 4. The molecule has 0 aliphatic carbocycles. The number of aromatic nitrogens is 3. The molecule has 3 heterocycles. The third-order valence-corrected chi connectivity index (χ3v) is 5.76. The molecular weight excluding hydrogens is 352 g/mol. The van der Waals surface area contributed by atoms with Crippen molar-refractivity contribution in [1.29, 1.82) is 0 Å². The van der Waals surface area contributed by atoms with E-state index in [4.69, 9.17) is 9.47 Å². The first-order valence-electron chi connectivity index (χ1n) is 8.88. The summed E-state index contributed by atoms with van der Waals surface area (Å²) < 4.78 is 12.7. The summed E-state index contributed by atoms with van der Waals surface area (Å²) in [5.74, 6) is 3.01. The zero-order valence-corrected chi connectivity index (χ0v) is 15.6. The van der Waals surface area contributed by atoms with E-state index >= 15 is 0 Å². The second-order valence-electron chi connectivity index (χ2n) is 6.55. The van der Waals surface area contributed by atoms with Crippen molar-refractivity contribution in [2.75, 3.05) is 25.6 Å². The van der Waals surface area contributed by atoms with Gasteiger partial charge in [0.2, 0.25) is 12.7 Å². The van der Waals surface area contributed by atoms with Crippen LogP contribution in [-0.4, -0.2) is 51.2 Å². The minimum Gasteiger partial charge on any atom is -0.454 e. The van der Waals surface area contributed by atoms with Crippen LogP contribution in [0.1, 0.15) is 30.7 Å². The van der Waals surface area contributed by atoms with Crippen LogP contribution in [0.2, 0.25) is 0 Å². The molecule has 0 spiro atoms. The molecule has 0 unspecified atom stereocenters. The summed E-state index contributed by atoms with van der Waals surface area (Å²) in [5.41, 5.74) is 1.09. The van der Waals surface area contributed by atoms with Gasteiger partial charge in [0.25, 0.3) is 0 Å². The standard InChI is InChI=1S/C18H22N4O3S/c1-21-16(10-13-5-6-14-15(9-13)25-12-24-14)19-20-18(21)26-11-17(23)22-7-3-2-4-8-22/h5-6,9H,2-4,7-8,10-12H2,1H3. The molecule has 7 nitrogen and oxygen atoms in total. The van der Waals surface area contributed by atoms with Crippen molar-refractivity contribution in [3.05, 3.63) is 29.6 Å². The minimum absolute atomic E-state index is 0.190. The fourth-order valence-electron chi connectivity index (χ4n) is 3.22. The fourth-order valence-corrected chi connectivity index (χ4v) is 4.05. The number of hydrogen-bond donors (Lipinski definition) is 0. The van der Waals surface area contributed by atoms with Gasteiger partial charge in [0.05, 0.1) is 5.75 Å². The lowest BCUT2D eigenvalue weighted by molar-refractivity contribution is -0.129. The second-order valence-corrected chi connectivity index (χ2v) is 7.49. The zero-order valence-electron chi connectivity index (χ0n) is 14.8. The number of carbonyl (C=O) groups is 1. The van der Waals surface area contributed by atoms with Gasteiger partial charge < -0.3 is 18.9 Å². The van der Waals surface area contributed by atoms with Crippen molar-refractivity contribution < 1.29 is 14.3 Å². The van der Waals surface area contributed by atoms with Crippen LogP contribution in [0.4, 0.5) is 0 Å². The molecule has 0 N–H and O–H groups in total. The fraction of sp³-hybridized carbons (Fsp3) is 0.500. The maximum absolute atomic E-state index is 12.3. The van der Waals surface area contributed by atoms with Gasteiger partial charge in [-0.1, -0.05) is 17.8 Å². The third-order valence-electron chi connectivity index (χ3n) is 4.76. The third kappa shape index (κ3) is 3.65. The van der Waals surface area contributed by atoms with Crippen LogP contribution in [0.3, 0.4) is 0 Å².